The molecule has 0 aromatic heterocycles. The standard InChI is InChI=1S/C25H27N3O5/c29-19-9-5-17(6-10-19)14-25(33-32)24(31)28-15-22(18-7-11-20(30)12-8-18)26-21(23(28)27-25)13-16-3-1-2-4-16/h5-12,15-16,21,26,29-30,32H,1-4,13-14H2. The Balaban J connectivity index is 1.51. The smallest absolute Gasteiger partial charge is 0.290 e. The molecule has 172 valence electrons. The fourth-order valence-corrected chi connectivity index (χ4v) is 5.01. The van der Waals surface area contributed by atoms with Gasteiger partial charge in [0.1, 0.15) is 17.3 Å². The Labute approximate surface area is 191 Å². The number of aliphatic imine (C=N–C) groups is 1. The predicted octanol–water partition coefficient (Wildman–Crippen LogP) is 3.62. The molecular weight excluding hydrogens is 422 g/mol. The van der Waals surface area contributed by atoms with Crippen LogP contribution in [-0.2, 0) is 16.1 Å². The van der Waals surface area contributed by atoms with Crippen molar-refractivity contribution in [1.29, 1.82) is 0 Å². The number of fused-ring (bicyclic) bond motifs is 1. The number of amidine groups is 1. The van der Waals surface area contributed by atoms with E-state index in [0.29, 0.717) is 17.3 Å². The molecule has 2 aliphatic heterocycles. The molecule has 2 aromatic carbocycles. The van der Waals surface area contributed by atoms with Crippen molar-refractivity contribution < 1.29 is 25.2 Å². The number of phenolic OH excluding ortho intramolecular Hbond substituents is 2. The van der Waals surface area contributed by atoms with E-state index in [2.05, 4.69) is 10.3 Å². The van der Waals surface area contributed by atoms with Gasteiger partial charge in [-0.25, -0.2) is 10.2 Å². The van der Waals surface area contributed by atoms with Crippen LogP contribution in [0.25, 0.3) is 5.70 Å². The molecule has 1 saturated carbocycles. The lowest BCUT2D eigenvalue weighted by Gasteiger charge is -2.33. The Morgan fingerprint density at radius 1 is 1.03 bits per heavy atom. The van der Waals surface area contributed by atoms with E-state index in [0.717, 1.165) is 30.5 Å². The van der Waals surface area contributed by atoms with Gasteiger partial charge < -0.3 is 15.5 Å². The number of carbonyl (C=O) groups is 1. The normalized spacial score (nSPS) is 24.9. The van der Waals surface area contributed by atoms with Crippen LogP contribution in [0.5, 0.6) is 11.5 Å². The fourth-order valence-electron chi connectivity index (χ4n) is 5.01. The minimum Gasteiger partial charge on any atom is -0.508 e. The molecule has 5 rings (SSSR count). The number of phenols is 2. The van der Waals surface area contributed by atoms with Crippen molar-refractivity contribution in [2.45, 2.75) is 50.3 Å². The number of nitrogens with one attached hydrogen (secondary N) is 1. The zero-order chi connectivity index (χ0) is 23.0. The van der Waals surface area contributed by atoms with Gasteiger partial charge in [0.2, 0.25) is 0 Å². The van der Waals surface area contributed by atoms with Gasteiger partial charge in [-0.3, -0.25) is 9.69 Å². The molecule has 3 aliphatic rings. The predicted molar refractivity (Wildman–Crippen MR) is 122 cm³/mol. The number of nitrogens with zero attached hydrogens (tertiary/aromatic N) is 2. The molecule has 1 aliphatic carbocycles. The molecule has 33 heavy (non-hydrogen) atoms. The van der Waals surface area contributed by atoms with Crippen LogP contribution in [0.2, 0.25) is 0 Å². The maximum atomic E-state index is 13.5. The van der Waals surface area contributed by atoms with Gasteiger partial charge in [0.15, 0.2) is 0 Å². The van der Waals surface area contributed by atoms with Crippen LogP contribution in [0.4, 0.5) is 0 Å². The highest BCUT2D eigenvalue weighted by molar-refractivity contribution is 6.12. The summed E-state index contributed by atoms with van der Waals surface area (Å²) in [5.74, 6) is 0.869. The molecule has 2 heterocycles. The van der Waals surface area contributed by atoms with Gasteiger partial charge in [0, 0.05) is 12.6 Å². The first-order valence-corrected chi connectivity index (χ1v) is 11.3. The Hall–Kier alpha value is -3.36. The summed E-state index contributed by atoms with van der Waals surface area (Å²) in [5.41, 5.74) is 0.478. The van der Waals surface area contributed by atoms with Gasteiger partial charge in [-0.1, -0.05) is 37.8 Å². The average molecular weight is 450 g/mol. The monoisotopic (exact) mass is 449 g/mol. The number of rotatable bonds is 6. The van der Waals surface area contributed by atoms with Crippen molar-refractivity contribution in [2.75, 3.05) is 0 Å². The summed E-state index contributed by atoms with van der Waals surface area (Å²) in [6, 6.07) is 12.9. The minimum atomic E-state index is -1.79. The lowest BCUT2D eigenvalue weighted by molar-refractivity contribution is -0.308. The van der Waals surface area contributed by atoms with Gasteiger partial charge >= 0.3 is 0 Å². The molecule has 8 nitrogen and oxygen atoms in total. The van der Waals surface area contributed by atoms with E-state index in [1.165, 1.54) is 29.9 Å². The van der Waals surface area contributed by atoms with E-state index in [1.54, 1.807) is 42.6 Å². The second-order valence-electron chi connectivity index (χ2n) is 9.04. The third-order valence-corrected chi connectivity index (χ3v) is 6.75. The number of benzene rings is 2. The molecule has 1 amide bonds. The van der Waals surface area contributed by atoms with E-state index >= 15 is 0 Å². The zero-order valence-corrected chi connectivity index (χ0v) is 18.1. The first kappa shape index (κ1) is 21.5. The van der Waals surface area contributed by atoms with Crippen molar-refractivity contribution in [2.24, 2.45) is 10.9 Å². The highest BCUT2D eigenvalue weighted by Crippen LogP contribution is 2.36. The number of amides is 1. The first-order valence-electron chi connectivity index (χ1n) is 11.3. The highest BCUT2D eigenvalue weighted by Gasteiger charge is 2.53. The summed E-state index contributed by atoms with van der Waals surface area (Å²) in [5, 5.41) is 32.6. The summed E-state index contributed by atoms with van der Waals surface area (Å²) in [4.78, 5) is 24.4. The summed E-state index contributed by atoms with van der Waals surface area (Å²) in [6.07, 6.45) is 7.23. The quantitative estimate of drug-likeness (QED) is 0.396. The van der Waals surface area contributed by atoms with Gasteiger partial charge in [-0.05, 0) is 59.9 Å². The fraction of sp³-hybridized carbons (Fsp3) is 0.360. The Kier molecular flexibility index (Phi) is 5.55. The Bertz CT molecular complexity index is 1090. The molecule has 4 N–H and O–H groups in total. The van der Waals surface area contributed by atoms with Crippen molar-refractivity contribution in [3.05, 3.63) is 65.9 Å². The van der Waals surface area contributed by atoms with Crippen LogP contribution in [0.3, 0.4) is 0 Å². The molecule has 0 saturated heterocycles. The summed E-state index contributed by atoms with van der Waals surface area (Å²) in [7, 11) is 0. The van der Waals surface area contributed by atoms with Gasteiger partial charge in [0.05, 0.1) is 11.7 Å². The Morgan fingerprint density at radius 3 is 2.30 bits per heavy atom. The van der Waals surface area contributed by atoms with E-state index < -0.39 is 11.6 Å². The van der Waals surface area contributed by atoms with Crippen molar-refractivity contribution in [3.63, 3.8) is 0 Å². The molecule has 0 bridgehead atoms. The highest BCUT2D eigenvalue weighted by atomic mass is 17.1. The van der Waals surface area contributed by atoms with Crippen molar-refractivity contribution >= 4 is 17.4 Å². The van der Waals surface area contributed by atoms with Gasteiger partial charge in [-0.15, -0.1) is 0 Å². The van der Waals surface area contributed by atoms with Crippen molar-refractivity contribution in [1.82, 2.24) is 10.2 Å². The van der Waals surface area contributed by atoms with E-state index in [-0.39, 0.29) is 24.0 Å². The first-order chi connectivity index (χ1) is 16.0. The molecule has 0 radical (unpaired) electrons. The molecular formula is C25H27N3O5. The van der Waals surface area contributed by atoms with Gasteiger partial charge in [0.25, 0.3) is 11.6 Å². The summed E-state index contributed by atoms with van der Waals surface area (Å²) < 4.78 is 0. The largest absolute Gasteiger partial charge is 0.508 e. The number of aromatic hydroxyl groups is 2. The average Bonchev–Trinajstić information content (AvgIpc) is 3.43. The van der Waals surface area contributed by atoms with Crippen LogP contribution in [-0.4, -0.2) is 43.9 Å². The van der Waals surface area contributed by atoms with E-state index in [9.17, 15) is 20.3 Å². The number of hydrogen-bond donors (Lipinski definition) is 4. The third kappa shape index (κ3) is 4.07. The topological polar surface area (TPSA) is 115 Å². The van der Waals surface area contributed by atoms with E-state index in [4.69, 9.17) is 4.89 Å². The maximum absolute atomic E-state index is 13.5. The molecule has 2 aromatic rings. The van der Waals surface area contributed by atoms with Gasteiger partial charge in [-0.2, -0.15) is 4.89 Å². The Morgan fingerprint density at radius 2 is 1.67 bits per heavy atom. The second-order valence-corrected chi connectivity index (χ2v) is 9.04. The molecule has 8 heteroatoms. The molecule has 2 atom stereocenters. The van der Waals surface area contributed by atoms with E-state index in [1.807, 2.05) is 0 Å². The second kappa shape index (κ2) is 8.53. The molecule has 1 fully saturated rings. The number of hydrogen-bond acceptors (Lipinski definition) is 7. The molecule has 0 spiro atoms. The zero-order valence-electron chi connectivity index (χ0n) is 18.1. The van der Waals surface area contributed by atoms with Crippen LogP contribution in [0, 0.1) is 5.92 Å². The molecule has 2 unspecified atom stereocenters. The third-order valence-electron chi connectivity index (χ3n) is 6.75. The lowest BCUT2D eigenvalue weighted by Crippen LogP contribution is -2.50. The van der Waals surface area contributed by atoms with Crippen molar-refractivity contribution in [3.8, 4) is 11.5 Å². The van der Waals surface area contributed by atoms with Crippen LogP contribution >= 0.6 is 0 Å². The number of carbonyl (C=O) groups excluding carboxylic acids is 1. The van der Waals surface area contributed by atoms with Crippen LogP contribution in [0.15, 0.2) is 59.7 Å². The summed E-state index contributed by atoms with van der Waals surface area (Å²) >= 11 is 0. The SMILES string of the molecule is O=C1N2C=C(c3ccc(O)cc3)NC(CC3CCCC3)C2=NC1(Cc1ccc(O)cc1)OO. The van der Waals surface area contributed by atoms with Crippen LogP contribution in [0.1, 0.15) is 43.2 Å². The lowest BCUT2D eigenvalue weighted by atomic mass is 9.95. The van der Waals surface area contributed by atoms with Crippen LogP contribution < -0.4 is 5.32 Å². The maximum Gasteiger partial charge on any atom is 0.290 e. The summed E-state index contributed by atoms with van der Waals surface area (Å²) in [6.45, 7) is 0. The minimum absolute atomic E-state index is 0.0289.